The molecule has 0 amide bonds. The van der Waals surface area contributed by atoms with Crippen LogP contribution in [-0.4, -0.2) is 36.5 Å². The molecule has 1 aliphatic heterocycles. The van der Waals surface area contributed by atoms with Crippen molar-refractivity contribution in [2.75, 3.05) is 36.1 Å². The number of fused-ring (bicyclic) bond motifs is 2. The Labute approximate surface area is 154 Å². The van der Waals surface area contributed by atoms with Gasteiger partial charge in [-0.1, -0.05) is 12.1 Å². The molecule has 5 nitrogen and oxygen atoms in total. The molecule has 26 heavy (non-hydrogen) atoms. The summed E-state index contributed by atoms with van der Waals surface area (Å²) < 4.78 is 0. The van der Waals surface area contributed by atoms with E-state index in [1.54, 1.807) is 0 Å². The zero-order valence-electron chi connectivity index (χ0n) is 14.9. The molecular weight excluding hydrogens is 326 g/mol. The molecule has 0 bridgehead atoms. The minimum absolute atomic E-state index is 0.188. The smallest absolute Gasteiger partial charge is 0.0992 e. The lowest BCUT2D eigenvalue weighted by atomic mass is 10.0. The number of anilines is 4. The Bertz CT molecular complexity index is 785. The first-order valence-corrected chi connectivity index (χ1v) is 9.20. The third-order valence-corrected chi connectivity index (χ3v) is 4.73. The lowest BCUT2D eigenvalue weighted by molar-refractivity contribution is 0.285. The topological polar surface area (TPSA) is 70.7 Å². The van der Waals surface area contributed by atoms with Crippen LogP contribution in [0.4, 0.5) is 22.7 Å². The van der Waals surface area contributed by atoms with Gasteiger partial charge in [-0.3, -0.25) is 0 Å². The van der Waals surface area contributed by atoms with Crippen molar-refractivity contribution < 1.29 is 10.2 Å². The summed E-state index contributed by atoms with van der Waals surface area (Å²) in [4.78, 5) is 4.54. The fourth-order valence-corrected chi connectivity index (χ4v) is 3.46. The predicted octanol–water partition coefficient (Wildman–Crippen LogP) is 3.69. The van der Waals surface area contributed by atoms with Gasteiger partial charge >= 0.3 is 0 Å². The van der Waals surface area contributed by atoms with Crippen molar-refractivity contribution in [1.82, 2.24) is 0 Å². The number of unbranched alkanes of at least 4 members (excludes halogenated alkanes) is 2. The number of hydrogen-bond donors (Lipinski definition) is 2. The average molecular weight is 351 g/mol. The Hall–Kier alpha value is -2.55. The minimum Gasteiger partial charge on any atom is -0.396 e. The number of hydrogen-bond acceptors (Lipinski definition) is 5. The summed E-state index contributed by atoms with van der Waals surface area (Å²) in [6, 6.07) is 16.4. The molecule has 0 spiro atoms. The van der Waals surface area contributed by atoms with E-state index < -0.39 is 0 Å². The molecular formula is C21H25N3O2. The van der Waals surface area contributed by atoms with Crippen molar-refractivity contribution in [3.8, 4) is 6.07 Å². The molecule has 2 N–H and O–H groups in total. The van der Waals surface area contributed by atoms with Gasteiger partial charge in [-0.05, 0) is 56.0 Å². The fourth-order valence-electron chi connectivity index (χ4n) is 3.46. The molecule has 5 heteroatoms. The fraction of sp³-hybridized carbons (Fsp3) is 0.381. The van der Waals surface area contributed by atoms with Crippen molar-refractivity contribution in [3.63, 3.8) is 0 Å². The SMILES string of the molecule is N#Cc1ccc2c(c1)N(CCCCO)c1ccccc1N2CCCCO. The second-order valence-corrected chi connectivity index (χ2v) is 6.47. The van der Waals surface area contributed by atoms with Crippen LogP contribution in [0.1, 0.15) is 31.2 Å². The van der Waals surface area contributed by atoms with Crippen LogP contribution in [0.3, 0.4) is 0 Å². The van der Waals surface area contributed by atoms with Crippen molar-refractivity contribution in [2.45, 2.75) is 25.7 Å². The monoisotopic (exact) mass is 351 g/mol. The highest BCUT2D eigenvalue weighted by Crippen LogP contribution is 2.48. The van der Waals surface area contributed by atoms with Crippen LogP contribution in [-0.2, 0) is 0 Å². The van der Waals surface area contributed by atoms with E-state index in [4.69, 9.17) is 10.2 Å². The van der Waals surface area contributed by atoms with Crippen LogP contribution in [0.2, 0.25) is 0 Å². The van der Waals surface area contributed by atoms with E-state index in [-0.39, 0.29) is 13.2 Å². The summed E-state index contributed by atoms with van der Waals surface area (Å²) in [5.41, 5.74) is 5.03. The van der Waals surface area contributed by atoms with E-state index in [0.29, 0.717) is 5.56 Å². The average Bonchev–Trinajstić information content (AvgIpc) is 2.69. The van der Waals surface area contributed by atoms with E-state index in [2.05, 4.69) is 28.0 Å². The van der Waals surface area contributed by atoms with Gasteiger partial charge in [0.1, 0.15) is 0 Å². The molecule has 3 rings (SSSR count). The zero-order chi connectivity index (χ0) is 18.4. The van der Waals surface area contributed by atoms with Crippen LogP contribution in [0.15, 0.2) is 42.5 Å². The van der Waals surface area contributed by atoms with Crippen LogP contribution >= 0.6 is 0 Å². The van der Waals surface area contributed by atoms with E-state index in [0.717, 1.165) is 61.5 Å². The summed E-state index contributed by atoms with van der Waals surface area (Å²) in [7, 11) is 0. The number of aliphatic hydroxyl groups is 2. The maximum absolute atomic E-state index is 9.33. The normalized spacial score (nSPS) is 12.5. The summed E-state index contributed by atoms with van der Waals surface area (Å²) >= 11 is 0. The first-order valence-electron chi connectivity index (χ1n) is 9.20. The molecule has 0 aliphatic carbocycles. The second-order valence-electron chi connectivity index (χ2n) is 6.47. The molecule has 136 valence electrons. The first kappa shape index (κ1) is 18.2. The van der Waals surface area contributed by atoms with Gasteiger partial charge in [0.05, 0.1) is 34.4 Å². The van der Waals surface area contributed by atoms with E-state index in [1.165, 1.54) is 0 Å². The third kappa shape index (κ3) is 3.67. The molecule has 0 saturated heterocycles. The van der Waals surface area contributed by atoms with Crippen molar-refractivity contribution in [2.24, 2.45) is 0 Å². The van der Waals surface area contributed by atoms with Crippen LogP contribution in [0.25, 0.3) is 0 Å². The third-order valence-electron chi connectivity index (χ3n) is 4.73. The molecule has 1 aliphatic rings. The Balaban J connectivity index is 2.03. The highest BCUT2D eigenvalue weighted by Gasteiger charge is 2.27. The molecule has 0 atom stereocenters. The lowest BCUT2D eigenvalue weighted by Crippen LogP contribution is -2.31. The second kappa shape index (κ2) is 8.70. The molecule has 2 aromatic rings. The van der Waals surface area contributed by atoms with Crippen LogP contribution in [0.5, 0.6) is 0 Å². The van der Waals surface area contributed by atoms with Gasteiger partial charge in [0, 0.05) is 26.3 Å². The van der Waals surface area contributed by atoms with E-state index in [9.17, 15) is 5.26 Å². The largest absolute Gasteiger partial charge is 0.396 e. The summed E-state index contributed by atoms with van der Waals surface area (Å²) in [5, 5.41) is 27.6. The number of benzene rings is 2. The maximum Gasteiger partial charge on any atom is 0.0992 e. The molecule has 0 saturated carbocycles. The van der Waals surface area contributed by atoms with Gasteiger partial charge in [-0.25, -0.2) is 0 Å². The summed E-state index contributed by atoms with van der Waals surface area (Å²) in [5.74, 6) is 0. The number of rotatable bonds is 8. The Morgan fingerprint density at radius 3 is 1.81 bits per heavy atom. The van der Waals surface area contributed by atoms with Crippen molar-refractivity contribution in [3.05, 3.63) is 48.0 Å². The molecule has 0 unspecified atom stereocenters. The quantitative estimate of drug-likeness (QED) is 0.710. The standard InChI is InChI=1S/C21H25N3O2/c22-16-17-9-10-20-21(15-17)24(12-4-6-14-26)19-8-2-1-7-18(19)23(20)11-3-5-13-25/h1-2,7-10,15,25-26H,3-6,11-14H2. The maximum atomic E-state index is 9.33. The molecule has 0 fully saturated rings. The van der Waals surface area contributed by atoms with Gasteiger partial charge in [0.15, 0.2) is 0 Å². The first-order chi connectivity index (χ1) is 12.8. The van der Waals surface area contributed by atoms with Crippen LogP contribution in [0, 0.1) is 11.3 Å². The van der Waals surface area contributed by atoms with Crippen molar-refractivity contribution >= 4 is 22.7 Å². The molecule has 0 aromatic heterocycles. The Morgan fingerprint density at radius 2 is 1.27 bits per heavy atom. The zero-order valence-corrected chi connectivity index (χ0v) is 14.9. The van der Waals surface area contributed by atoms with Gasteiger partial charge in [-0.2, -0.15) is 5.26 Å². The summed E-state index contributed by atoms with van der Waals surface area (Å²) in [6.07, 6.45) is 3.30. The molecule has 1 heterocycles. The van der Waals surface area contributed by atoms with E-state index >= 15 is 0 Å². The molecule has 0 radical (unpaired) electrons. The van der Waals surface area contributed by atoms with Gasteiger partial charge in [0.2, 0.25) is 0 Å². The predicted molar refractivity (Wildman–Crippen MR) is 104 cm³/mol. The van der Waals surface area contributed by atoms with Gasteiger partial charge < -0.3 is 20.0 Å². The Morgan fingerprint density at radius 1 is 0.731 bits per heavy atom. The highest BCUT2D eigenvalue weighted by molar-refractivity contribution is 5.93. The summed E-state index contributed by atoms with van der Waals surface area (Å²) in [6.45, 7) is 2.00. The van der Waals surface area contributed by atoms with Gasteiger partial charge in [-0.15, -0.1) is 0 Å². The number of nitriles is 1. The van der Waals surface area contributed by atoms with Crippen LogP contribution < -0.4 is 9.80 Å². The number of aliphatic hydroxyl groups excluding tert-OH is 2. The Kier molecular flexibility index (Phi) is 6.11. The minimum atomic E-state index is 0.188. The van der Waals surface area contributed by atoms with Crippen molar-refractivity contribution in [1.29, 1.82) is 5.26 Å². The van der Waals surface area contributed by atoms with E-state index in [1.807, 2.05) is 30.3 Å². The molecule has 2 aromatic carbocycles. The highest BCUT2D eigenvalue weighted by atomic mass is 16.3. The number of para-hydroxylation sites is 2. The van der Waals surface area contributed by atoms with Gasteiger partial charge in [0.25, 0.3) is 0 Å². The lowest BCUT2D eigenvalue weighted by Gasteiger charge is -2.40. The number of nitrogens with zero attached hydrogens (tertiary/aromatic N) is 3.